The largest absolute Gasteiger partial charge is 0.347 e. The zero-order chi connectivity index (χ0) is 24.4. The van der Waals surface area contributed by atoms with Crippen LogP contribution in [0.5, 0.6) is 0 Å². The molecule has 1 aromatic rings. The highest BCUT2D eigenvalue weighted by molar-refractivity contribution is 5.84. The van der Waals surface area contributed by atoms with Crippen LogP contribution in [0.3, 0.4) is 0 Å². The predicted octanol–water partition coefficient (Wildman–Crippen LogP) is 0.499. The molecule has 13 nitrogen and oxygen atoms in total. The van der Waals surface area contributed by atoms with Gasteiger partial charge < -0.3 is 4.90 Å². The molecule has 0 saturated heterocycles. The monoisotopic (exact) mass is 454 g/mol. The molecule has 0 spiro atoms. The summed E-state index contributed by atoms with van der Waals surface area (Å²) < 4.78 is 0. The van der Waals surface area contributed by atoms with E-state index in [1.165, 1.54) is 5.48 Å². The first kappa shape index (κ1) is 27.0. The number of anilines is 2. The number of rotatable bonds is 9. The molecular weight excluding hydrogens is 420 g/mol. The molecule has 0 aromatic carbocycles. The summed E-state index contributed by atoms with van der Waals surface area (Å²) >= 11 is 0. The molecule has 180 valence electrons. The highest BCUT2D eigenvalue weighted by Gasteiger charge is 2.45. The first-order valence-corrected chi connectivity index (χ1v) is 10.3. The van der Waals surface area contributed by atoms with Crippen LogP contribution in [0.2, 0.25) is 0 Å². The summed E-state index contributed by atoms with van der Waals surface area (Å²) in [5, 5.41) is 17.5. The van der Waals surface area contributed by atoms with E-state index in [1.807, 2.05) is 21.0 Å². The molecule has 1 fully saturated rings. The lowest BCUT2D eigenvalue weighted by atomic mass is 9.64. The molecule has 0 atom stereocenters. The van der Waals surface area contributed by atoms with Gasteiger partial charge in [-0.15, -0.1) is 0 Å². The molecule has 1 aliphatic carbocycles. The van der Waals surface area contributed by atoms with Crippen LogP contribution in [-0.4, -0.2) is 69.8 Å². The Morgan fingerprint density at radius 3 is 2.19 bits per heavy atom. The van der Waals surface area contributed by atoms with Gasteiger partial charge in [0.25, 0.3) is 0 Å². The maximum absolute atomic E-state index is 13.0. The zero-order valence-corrected chi connectivity index (χ0v) is 19.3. The Morgan fingerprint density at radius 2 is 1.72 bits per heavy atom. The van der Waals surface area contributed by atoms with E-state index in [-0.39, 0.29) is 30.2 Å². The molecule has 1 aromatic heterocycles. The maximum atomic E-state index is 13.0. The number of hydrogen-bond acceptors (Lipinski definition) is 10. The minimum absolute atomic E-state index is 0.0551. The number of hydrogen-bond donors (Lipinski definition) is 5. The summed E-state index contributed by atoms with van der Waals surface area (Å²) in [6.45, 7) is 6.19. The fraction of sp³-hybridized carbons (Fsp3) is 0.684. The number of amides is 3. The number of aryl methyl sites for hydroxylation is 1. The van der Waals surface area contributed by atoms with E-state index in [0.717, 1.165) is 12.8 Å². The third-order valence-electron chi connectivity index (χ3n) is 5.36. The van der Waals surface area contributed by atoms with E-state index < -0.39 is 5.41 Å². The number of carbonyl (C=O) groups excluding carboxylic acids is 3. The summed E-state index contributed by atoms with van der Waals surface area (Å²) in [4.78, 5) is 47.4. The average Bonchev–Trinajstić information content (AvgIpc) is 2.78. The minimum atomic E-state index is -0.872. The van der Waals surface area contributed by atoms with Crippen molar-refractivity contribution in [3.05, 3.63) is 5.82 Å². The lowest BCUT2D eigenvalue weighted by molar-refractivity contribution is -0.164. The summed E-state index contributed by atoms with van der Waals surface area (Å²) in [7, 11) is 3.65. The Labute approximate surface area is 187 Å². The molecule has 0 bridgehead atoms. The van der Waals surface area contributed by atoms with Gasteiger partial charge in [-0.05, 0) is 31.1 Å². The van der Waals surface area contributed by atoms with Crippen molar-refractivity contribution in [1.29, 1.82) is 0 Å². The van der Waals surface area contributed by atoms with Gasteiger partial charge in [0.1, 0.15) is 5.82 Å². The summed E-state index contributed by atoms with van der Waals surface area (Å²) in [5.74, 6) is 1.03. The molecule has 0 radical (unpaired) electrons. The molecule has 13 heteroatoms. The normalized spacial score (nSPS) is 16.0. The number of carbonyl (C=O) groups is 3. The van der Waals surface area contributed by atoms with Crippen molar-refractivity contribution in [2.45, 2.75) is 52.9 Å². The van der Waals surface area contributed by atoms with Gasteiger partial charge in [-0.25, -0.2) is 10.5 Å². The predicted molar refractivity (Wildman–Crippen MR) is 116 cm³/mol. The van der Waals surface area contributed by atoms with Crippen LogP contribution in [0.4, 0.5) is 11.9 Å². The van der Waals surface area contributed by atoms with Gasteiger partial charge in [-0.2, -0.15) is 15.0 Å². The quantitative estimate of drug-likeness (QED) is 0.201. The van der Waals surface area contributed by atoms with Gasteiger partial charge in [0.05, 0.1) is 12.0 Å². The van der Waals surface area contributed by atoms with Crippen molar-refractivity contribution in [1.82, 2.24) is 30.9 Å². The van der Waals surface area contributed by atoms with Crippen LogP contribution in [0.1, 0.15) is 52.3 Å². The van der Waals surface area contributed by atoms with Crippen LogP contribution >= 0.6 is 0 Å². The average molecular weight is 455 g/mol. The number of nitrogens with one attached hydrogen (secondary N) is 3. The molecule has 3 amide bonds. The first-order valence-electron chi connectivity index (χ1n) is 10.3. The van der Waals surface area contributed by atoms with Crippen molar-refractivity contribution in [3.8, 4) is 0 Å². The van der Waals surface area contributed by atoms with E-state index in [2.05, 4.69) is 39.7 Å². The van der Waals surface area contributed by atoms with Crippen molar-refractivity contribution in [3.63, 3.8) is 0 Å². The van der Waals surface area contributed by atoms with Gasteiger partial charge in [-0.1, -0.05) is 20.8 Å². The Morgan fingerprint density at radius 1 is 1.12 bits per heavy atom. The molecule has 1 heterocycles. The van der Waals surface area contributed by atoms with Crippen molar-refractivity contribution < 1.29 is 24.8 Å². The van der Waals surface area contributed by atoms with Crippen LogP contribution < -0.4 is 21.2 Å². The Balaban J connectivity index is 0.00000118. The highest BCUT2D eigenvalue weighted by atomic mass is 16.5. The number of aromatic nitrogens is 3. The molecule has 32 heavy (non-hydrogen) atoms. The molecular formula is C19H34N8O5. The van der Waals surface area contributed by atoms with Gasteiger partial charge in [0, 0.05) is 20.5 Å². The molecule has 5 N–H and O–H groups in total. The van der Waals surface area contributed by atoms with E-state index in [4.69, 9.17) is 10.0 Å². The fourth-order valence-corrected chi connectivity index (χ4v) is 3.28. The van der Waals surface area contributed by atoms with E-state index in [9.17, 15) is 14.8 Å². The second kappa shape index (κ2) is 12.1. The second-order valence-corrected chi connectivity index (χ2v) is 8.60. The molecule has 0 unspecified atom stereocenters. The summed E-state index contributed by atoms with van der Waals surface area (Å²) in [5.41, 5.74) is 5.95. The highest BCUT2D eigenvalue weighted by Crippen LogP contribution is 2.45. The minimum Gasteiger partial charge on any atom is -0.347 e. The SMILES string of the molecule is CCc1nc(NNC(=O)C2(CN(O)C=O)CCC(C)(C)CC2)nc(N(C)C)n1.O=CNO. The van der Waals surface area contributed by atoms with Crippen molar-refractivity contribution in [2.24, 2.45) is 10.8 Å². The maximum Gasteiger partial charge on any atom is 0.246 e. The summed E-state index contributed by atoms with van der Waals surface area (Å²) in [6.07, 6.45) is 3.92. The van der Waals surface area contributed by atoms with Gasteiger partial charge >= 0.3 is 0 Å². The third-order valence-corrected chi connectivity index (χ3v) is 5.36. The van der Waals surface area contributed by atoms with Crippen LogP contribution in [0.25, 0.3) is 0 Å². The topological polar surface area (TPSA) is 173 Å². The Bertz CT molecular complexity index is 764. The Kier molecular flexibility index (Phi) is 10.2. The Hall–Kier alpha value is -3.06. The molecule has 0 aliphatic heterocycles. The smallest absolute Gasteiger partial charge is 0.246 e. The number of nitrogens with zero attached hydrogens (tertiary/aromatic N) is 5. The van der Waals surface area contributed by atoms with E-state index in [1.54, 1.807) is 4.90 Å². The van der Waals surface area contributed by atoms with Gasteiger partial charge in [-0.3, -0.25) is 35.6 Å². The standard InChI is InChI=1S/C18H31N7O3.CH3NO2/c1-6-13-19-15(21-16(20-13)24(4)5)23-22-14(27)18(11-25(28)12-26)9-7-17(2,3)8-10-18;3-1-2-4/h12,28H,6-11H2,1-5H3,(H,22,27)(H,19,20,21,23);1,4H,(H,2,3). The number of hydroxylamine groups is 3. The zero-order valence-electron chi connectivity index (χ0n) is 19.3. The van der Waals surface area contributed by atoms with E-state index >= 15 is 0 Å². The van der Waals surface area contributed by atoms with Crippen LogP contribution in [0, 0.1) is 10.8 Å². The summed E-state index contributed by atoms with van der Waals surface area (Å²) in [6, 6.07) is 0. The van der Waals surface area contributed by atoms with Crippen molar-refractivity contribution >= 4 is 30.6 Å². The fourth-order valence-electron chi connectivity index (χ4n) is 3.28. The third kappa shape index (κ3) is 7.89. The lowest BCUT2D eigenvalue weighted by Gasteiger charge is -2.42. The first-order chi connectivity index (χ1) is 15.0. The van der Waals surface area contributed by atoms with Crippen molar-refractivity contribution in [2.75, 3.05) is 31.0 Å². The lowest BCUT2D eigenvalue weighted by Crippen LogP contribution is -2.51. The van der Waals surface area contributed by atoms with Crippen LogP contribution in [-0.2, 0) is 20.8 Å². The van der Waals surface area contributed by atoms with Crippen LogP contribution in [0.15, 0.2) is 0 Å². The molecule has 2 rings (SSSR count). The number of hydrazine groups is 1. The van der Waals surface area contributed by atoms with E-state index in [0.29, 0.717) is 42.5 Å². The molecule has 1 saturated carbocycles. The molecule has 1 aliphatic rings. The second-order valence-electron chi connectivity index (χ2n) is 8.60. The van der Waals surface area contributed by atoms with Gasteiger partial charge in [0.15, 0.2) is 0 Å². The van der Waals surface area contributed by atoms with Gasteiger partial charge in [0.2, 0.25) is 30.6 Å².